The molecule has 0 N–H and O–H groups in total. The van der Waals surface area contributed by atoms with E-state index in [1.54, 1.807) is 3.57 Å². The molecule has 0 aliphatic carbocycles. The summed E-state index contributed by atoms with van der Waals surface area (Å²) in [6, 6.07) is 15.5. The molecule has 0 bridgehead atoms. The van der Waals surface area contributed by atoms with E-state index in [0.29, 0.717) is 0 Å². The molecular weight excluding hydrogens is 295 g/mol. The molecule has 0 aliphatic heterocycles. The third-order valence-electron chi connectivity index (χ3n) is 2.71. The van der Waals surface area contributed by atoms with E-state index in [0.717, 1.165) is 3.92 Å². The summed E-state index contributed by atoms with van der Waals surface area (Å²) < 4.78 is 2.48. The van der Waals surface area contributed by atoms with Crippen molar-refractivity contribution in [2.75, 3.05) is 4.93 Å². The van der Waals surface area contributed by atoms with Crippen LogP contribution in [0.2, 0.25) is 0 Å². The first-order valence-corrected chi connectivity index (χ1v) is 9.74. The van der Waals surface area contributed by atoms with Gasteiger partial charge >= 0.3 is 99.3 Å². The van der Waals surface area contributed by atoms with Gasteiger partial charge in [0.2, 0.25) is 0 Å². The minimum atomic E-state index is -0.964. The fraction of sp³-hybridized carbons (Fsp3) is 0.286. The van der Waals surface area contributed by atoms with Crippen molar-refractivity contribution in [3.63, 3.8) is 0 Å². The summed E-state index contributed by atoms with van der Waals surface area (Å²) in [6.45, 7) is 4.71. The van der Waals surface area contributed by atoms with Crippen LogP contribution < -0.4 is 0 Å². The van der Waals surface area contributed by atoms with Gasteiger partial charge in [-0.1, -0.05) is 0 Å². The average molecular weight is 312 g/mol. The molecule has 0 saturated carbocycles. The predicted octanol–water partition coefficient (Wildman–Crippen LogP) is 4.55. The Bertz CT molecular complexity index is 454. The molecule has 2 aromatic rings. The Balaban J connectivity index is 2.60. The molecule has 15 heavy (non-hydrogen) atoms. The van der Waals surface area contributed by atoms with Crippen LogP contribution in [-0.2, 0) is 0 Å². The monoisotopic (exact) mass is 312 g/mol. The molecule has 0 saturated heterocycles. The summed E-state index contributed by atoms with van der Waals surface area (Å²) in [5.74, 6) is 0. The molecule has 0 fully saturated rings. The summed E-state index contributed by atoms with van der Waals surface area (Å²) in [7, 11) is 0. The van der Waals surface area contributed by atoms with E-state index in [-0.39, 0.29) is 0 Å². The number of alkyl halides is 2. The Labute approximate surface area is 99.1 Å². The molecule has 80 valence electrons. The third kappa shape index (κ3) is 2.17. The Morgan fingerprint density at radius 2 is 1.60 bits per heavy atom. The van der Waals surface area contributed by atoms with Crippen LogP contribution in [0.1, 0.15) is 13.8 Å². The zero-order chi connectivity index (χ0) is 10.8. The zero-order valence-corrected chi connectivity index (χ0v) is 11.7. The first-order chi connectivity index (χ1) is 7.20. The van der Waals surface area contributed by atoms with Crippen molar-refractivity contribution < 1.29 is 0 Å². The van der Waals surface area contributed by atoms with Crippen LogP contribution in [0, 0.1) is 3.57 Å². The number of rotatable bonds is 2. The van der Waals surface area contributed by atoms with Gasteiger partial charge in [0.25, 0.3) is 0 Å². The summed E-state index contributed by atoms with van der Waals surface area (Å²) in [4.78, 5) is 2.47. The fourth-order valence-corrected chi connectivity index (χ4v) is 5.21. The summed E-state index contributed by atoms with van der Waals surface area (Å²) in [5, 5.41) is 2.86. The van der Waals surface area contributed by atoms with Gasteiger partial charge in [0.1, 0.15) is 0 Å². The van der Waals surface area contributed by atoms with Crippen LogP contribution in [0.3, 0.4) is 0 Å². The number of hydrogen-bond acceptors (Lipinski definition) is 0. The van der Waals surface area contributed by atoms with Gasteiger partial charge in [0.15, 0.2) is 0 Å². The van der Waals surface area contributed by atoms with E-state index in [9.17, 15) is 0 Å². The van der Waals surface area contributed by atoms with Gasteiger partial charge < -0.3 is 0 Å². The fourth-order valence-electron chi connectivity index (χ4n) is 1.68. The molecule has 0 spiro atoms. The molecule has 0 nitrogen and oxygen atoms in total. The SMILES string of the molecule is CC(C)I(C)c1cccc2ccccc12. The molecular formula is C14H17I. The van der Waals surface area contributed by atoms with Gasteiger partial charge in [0.05, 0.1) is 0 Å². The second-order valence-corrected chi connectivity index (χ2v) is 10.6. The number of fused-ring (bicyclic) bond motifs is 1. The van der Waals surface area contributed by atoms with Crippen LogP contribution in [0.4, 0.5) is 0 Å². The predicted molar refractivity (Wildman–Crippen MR) is 77.7 cm³/mol. The van der Waals surface area contributed by atoms with Crippen molar-refractivity contribution in [2.45, 2.75) is 17.8 Å². The van der Waals surface area contributed by atoms with Gasteiger partial charge in [0, 0.05) is 0 Å². The maximum absolute atomic E-state index is 2.47. The van der Waals surface area contributed by atoms with E-state index >= 15 is 0 Å². The third-order valence-corrected chi connectivity index (χ3v) is 9.22. The standard InChI is InChI=1S/C14H17I/c1-11(2)15(3)14-10-6-8-12-7-4-5-9-13(12)14/h4-11H,1-3H3. The van der Waals surface area contributed by atoms with Crippen molar-refractivity contribution in [3.05, 3.63) is 46.0 Å². The van der Waals surface area contributed by atoms with Gasteiger partial charge in [-0.2, -0.15) is 0 Å². The molecule has 0 radical (unpaired) electrons. The Hall–Kier alpha value is -0.570. The Kier molecular flexibility index (Phi) is 3.29. The van der Waals surface area contributed by atoms with Gasteiger partial charge in [-0.05, 0) is 0 Å². The quantitative estimate of drug-likeness (QED) is 0.563. The maximum atomic E-state index is 2.47. The minimum absolute atomic E-state index is 0.847. The molecule has 0 amide bonds. The van der Waals surface area contributed by atoms with Crippen molar-refractivity contribution in [2.24, 2.45) is 0 Å². The van der Waals surface area contributed by atoms with Crippen molar-refractivity contribution in [3.8, 4) is 0 Å². The summed E-state index contributed by atoms with van der Waals surface area (Å²) in [6.07, 6.45) is 0. The van der Waals surface area contributed by atoms with Crippen molar-refractivity contribution >= 4 is 30.6 Å². The van der Waals surface area contributed by atoms with E-state index in [2.05, 4.69) is 61.2 Å². The molecule has 2 aromatic carbocycles. The van der Waals surface area contributed by atoms with E-state index in [4.69, 9.17) is 0 Å². The molecule has 0 heterocycles. The molecule has 0 aromatic heterocycles. The second-order valence-electron chi connectivity index (χ2n) is 3.99. The van der Waals surface area contributed by atoms with E-state index < -0.39 is 19.8 Å². The van der Waals surface area contributed by atoms with E-state index in [1.807, 2.05) is 0 Å². The number of halogens is 1. The van der Waals surface area contributed by atoms with Crippen LogP contribution in [-0.4, -0.2) is 8.86 Å². The van der Waals surface area contributed by atoms with Crippen LogP contribution in [0.5, 0.6) is 0 Å². The zero-order valence-electron chi connectivity index (χ0n) is 9.50. The van der Waals surface area contributed by atoms with Crippen LogP contribution in [0.15, 0.2) is 42.5 Å². The Morgan fingerprint density at radius 1 is 0.933 bits per heavy atom. The van der Waals surface area contributed by atoms with Crippen molar-refractivity contribution in [1.82, 2.24) is 0 Å². The first kappa shape index (κ1) is 10.9. The molecule has 0 unspecified atom stereocenters. The summed E-state index contributed by atoms with van der Waals surface area (Å²) >= 11 is -0.964. The topological polar surface area (TPSA) is 0 Å². The van der Waals surface area contributed by atoms with E-state index in [1.165, 1.54) is 10.8 Å². The number of hydrogen-bond donors (Lipinski definition) is 0. The first-order valence-electron chi connectivity index (χ1n) is 5.26. The normalized spacial score (nSPS) is 12.1. The van der Waals surface area contributed by atoms with Gasteiger partial charge in [-0.15, -0.1) is 0 Å². The second kappa shape index (κ2) is 4.52. The molecule has 0 aliphatic rings. The summed E-state index contributed by atoms with van der Waals surface area (Å²) in [5.41, 5.74) is 0. The van der Waals surface area contributed by atoms with Crippen LogP contribution >= 0.6 is 19.8 Å². The van der Waals surface area contributed by atoms with Gasteiger partial charge in [-0.3, -0.25) is 0 Å². The molecule has 1 heteroatoms. The van der Waals surface area contributed by atoms with Crippen molar-refractivity contribution in [1.29, 1.82) is 0 Å². The average Bonchev–Trinajstić information content (AvgIpc) is 2.27. The molecule has 0 atom stereocenters. The van der Waals surface area contributed by atoms with Crippen LogP contribution in [0.25, 0.3) is 10.8 Å². The molecule has 2 rings (SSSR count). The Morgan fingerprint density at radius 3 is 2.33 bits per heavy atom. The number of benzene rings is 2. The van der Waals surface area contributed by atoms with Gasteiger partial charge in [-0.25, -0.2) is 0 Å².